The Labute approximate surface area is 136 Å². The molecule has 112 valence electrons. The van der Waals surface area contributed by atoms with Crippen LogP contribution in [0.2, 0.25) is 0 Å². The van der Waals surface area contributed by atoms with Gasteiger partial charge < -0.3 is 0 Å². The van der Waals surface area contributed by atoms with Crippen LogP contribution in [0.5, 0.6) is 0 Å². The van der Waals surface area contributed by atoms with Crippen LogP contribution in [0.15, 0.2) is 91.5 Å². The van der Waals surface area contributed by atoms with E-state index in [0.717, 1.165) is 22.3 Å². The third-order valence-corrected chi connectivity index (χ3v) is 3.96. The summed E-state index contributed by atoms with van der Waals surface area (Å²) in [5.74, 6) is -0.180. The third kappa shape index (κ3) is 3.29. The molecule has 0 N–H and O–H groups in total. The second kappa shape index (κ2) is 6.89. The average Bonchev–Trinajstić information content (AvgIpc) is 2.64. The number of Topliss-reactive ketones (excluding diaryl/α,β-unsaturated/α-hetero) is 1. The highest BCUT2D eigenvalue weighted by Gasteiger charge is 2.23. The van der Waals surface area contributed by atoms with Crippen molar-refractivity contribution in [1.82, 2.24) is 0 Å². The summed E-state index contributed by atoms with van der Waals surface area (Å²) in [5, 5.41) is 0. The molecule has 3 aromatic carbocycles. The van der Waals surface area contributed by atoms with Gasteiger partial charge in [-0.1, -0.05) is 97.6 Å². The first-order chi connectivity index (χ1) is 11.3. The first-order valence-corrected chi connectivity index (χ1v) is 7.66. The molecule has 0 fully saturated rings. The molecule has 0 spiro atoms. The number of carbonyl (C=O) groups is 1. The van der Waals surface area contributed by atoms with Crippen molar-refractivity contribution in [3.8, 4) is 0 Å². The maximum Gasteiger partial charge on any atom is 0.174 e. The molecule has 0 heterocycles. The average molecular weight is 298 g/mol. The molecule has 3 aromatic rings. The first kappa shape index (κ1) is 15.0. The van der Waals surface area contributed by atoms with Crippen LogP contribution in [0.3, 0.4) is 0 Å². The van der Waals surface area contributed by atoms with Crippen molar-refractivity contribution in [1.29, 1.82) is 0 Å². The molecular formula is C22H18O. The van der Waals surface area contributed by atoms with Gasteiger partial charge in [0.2, 0.25) is 0 Å². The van der Waals surface area contributed by atoms with Crippen molar-refractivity contribution in [3.05, 3.63) is 114 Å². The van der Waals surface area contributed by atoms with Crippen LogP contribution in [0, 0.1) is 0 Å². The van der Waals surface area contributed by atoms with Crippen molar-refractivity contribution < 1.29 is 4.79 Å². The number of benzene rings is 3. The van der Waals surface area contributed by atoms with E-state index in [1.165, 1.54) is 0 Å². The monoisotopic (exact) mass is 298 g/mol. The number of ketones is 1. The fraction of sp³-hybridized carbons (Fsp3) is 0.0455. The molecule has 0 saturated carbocycles. The van der Waals surface area contributed by atoms with Gasteiger partial charge in [0.15, 0.2) is 5.78 Å². The summed E-state index contributed by atoms with van der Waals surface area (Å²) >= 11 is 0. The Hall–Kier alpha value is -2.93. The molecule has 0 bridgehead atoms. The van der Waals surface area contributed by atoms with E-state index in [2.05, 4.69) is 6.58 Å². The topological polar surface area (TPSA) is 17.1 Å². The van der Waals surface area contributed by atoms with Gasteiger partial charge in [-0.25, -0.2) is 0 Å². The summed E-state index contributed by atoms with van der Waals surface area (Å²) in [6.45, 7) is 3.78. The molecule has 1 unspecified atom stereocenters. The fourth-order valence-corrected chi connectivity index (χ4v) is 2.73. The largest absolute Gasteiger partial charge is 0.293 e. The Morgan fingerprint density at radius 2 is 1.26 bits per heavy atom. The van der Waals surface area contributed by atoms with Gasteiger partial charge in [-0.05, 0) is 16.7 Å². The van der Waals surface area contributed by atoms with Crippen molar-refractivity contribution in [2.75, 3.05) is 0 Å². The lowest BCUT2D eigenvalue weighted by Crippen LogP contribution is -2.14. The minimum atomic E-state index is -0.294. The van der Waals surface area contributed by atoms with Gasteiger partial charge >= 0.3 is 0 Å². The van der Waals surface area contributed by atoms with Gasteiger partial charge in [0.1, 0.15) is 0 Å². The molecule has 1 heteroatoms. The lowest BCUT2D eigenvalue weighted by Gasteiger charge is -2.17. The second-order valence-electron chi connectivity index (χ2n) is 5.44. The Morgan fingerprint density at radius 3 is 1.83 bits per heavy atom. The van der Waals surface area contributed by atoms with E-state index in [-0.39, 0.29) is 11.7 Å². The van der Waals surface area contributed by atoms with Crippen LogP contribution in [-0.2, 0) is 0 Å². The molecule has 23 heavy (non-hydrogen) atoms. The molecule has 0 aromatic heterocycles. The summed E-state index contributed by atoms with van der Waals surface area (Å²) in [7, 11) is 0. The Bertz CT molecular complexity index is 786. The van der Waals surface area contributed by atoms with E-state index < -0.39 is 0 Å². The molecule has 0 aliphatic rings. The predicted molar refractivity (Wildman–Crippen MR) is 95.6 cm³/mol. The maximum absolute atomic E-state index is 13.1. The van der Waals surface area contributed by atoms with Crippen molar-refractivity contribution in [2.45, 2.75) is 5.92 Å². The quantitative estimate of drug-likeness (QED) is 0.581. The number of hydrogen-bond acceptors (Lipinski definition) is 1. The Balaban J connectivity index is 2.07. The molecular weight excluding hydrogens is 280 g/mol. The van der Waals surface area contributed by atoms with E-state index in [1.807, 2.05) is 84.9 Å². The molecule has 0 saturated heterocycles. The van der Waals surface area contributed by atoms with E-state index in [9.17, 15) is 4.79 Å². The lowest BCUT2D eigenvalue weighted by atomic mass is 9.84. The molecule has 0 radical (unpaired) electrons. The number of hydrogen-bond donors (Lipinski definition) is 0. The Kier molecular flexibility index (Phi) is 4.49. The van der Waals surface area contributed by atoms with Crippen molar-refractivity contribution in [3.63, 3.8) is 0 Å². The molecule has 1 atom stereocenters. The van der Waals surface area contributed by atoms with E-state index >= 15 is 0 Å². The van der Waals surface area contributed by atoms with Crippen LogP contribution >= 0.6 is 0 Å². The van der Waals surface area contributed by atoms with Gasteiger partial charge in [-0.2, -0.15) is 0 Å². The minimum absolute atomic E-state index is 0.114. The van der Waals surface area contributed by atoms with Crippen LogP contribution in [0.1, 0.15) is 33.0 Å². The minimum Gasteiger partial charge on any atom is -0.293 e. The molecule has 0 aliphatic carbocycles. The van der Waals surface area contributed by atoms with Crippen LogP contribution in [-0.4, -0.2) is 5.78 Å². The smallest absolute Gasteiger partial charge is 0.174 e. The van der Waals surface area contributed by atoms with Gasteiger partial charge in [-0.15, -0.1) is 0 Å². The normalized spacial score (nSPS) is 11.7. The van der Waals surface area contributed by atoms with Crippen molar-refractivity contribution in [2.24, 2.45) is 0 Å². The van der Waals surface area contributed by atoms with Crippen molar-refractivity contribution >= 4 is 11.9 Å². The number of rotatable bonds is 5. The summed E-state index contributed by atoms with van der Waals surface area (Å²) in [6.07, 6.45) is 1.81. The highest BCUT2D eigenvalue weighted by Crippen LogP contribution is 2.29. The fourth-order valence-electron chi connectivity index (χ4n) is 2.73. The Morgan fingerprint density at radius 1 is 0.739 bits per heavy atom. The summed E-state index contributed by atoms with van der Waals surface area (Å²) < 4.78 is 0. The lowest BCUT2D eigenvalue weighted by molar-refractivity contribution is 0.0974. The summed E-state index contributed by atoms with van der Waals surface area (Å²) in [5.41, 5.74) is 3.78. The van der Waals surface area contributed by atoms with Gasteiger partial charge in [-0.3, -0.25) is 4.79 Å². The first-order valence-electron chi connectivity index (χ1n) is 7.66. The third-order valence-electron chi connectivity index (χ3n) is 3.96. The highest BCUT2D eigenvalue weighted by atomic mass is 16.1. The second-order valence-corrected chi connectivity index (χ2v) is 5.44. The SMILES string of the molecule is C=Cc1ccc(C(C(=O)c2ccccc2)c2ccccc2)cc1. The molecule has 3 rings (SSSR count). The maximum atomic E-state index is 13.1. The van der Waals surface area contributed by atoms with Gasteiger partial charge in [0.05, 0.1) is 5.92 Å². The van der Waals surface area contributed by atoms with E-state index in [1.54, 1.807) is 6.08 Å². The van der Waals surface area contributed by atoms with Crippen LogP contribution < -0.4 is 0 Å². The molecule has 0 aliphatic heterocycles. The zero-order chi connectivity index (χ0) is 16.1. The number of carbonyl (C=O) groups excluding carboxylic acids is 1. The van der Waals surface area contributed by atoms with E-state index in [4.69, 9.17) is 0 Å². The van der Waals surface area contributed by atoms with E-state index in [0.29, 0.717) is 0 Å². The summed E-state index contributed by atoms with van der Waals surface area (Å²) in [6, 6.07) is 27.4. The molecule has 0 amide bonds. The zero-order valence-corrected chi connectivity index (χ0v) is 12.9. The standard InChI is InChI=1S/C22H18O/c1-2-17-13-15-19(16-14-17)21(18-9-5-3-6-10-18)22(23)20-11-7-4-8-12-20/h2-16,21H,1H2. The molecule has 1 nitrogen and oxygen atoms in total. The van der Waals surface area contributed by atoms with Gasteiger partial charge in [0, 0.05) is 5.56 Å². The summed E-state index contributed by atoms with van der Waals surface area (Å²) in [4.78, 5) is 13.1. The highest BCUT2D eigenvalue weighted by molar-refractivity contribution is 6.03. The van der Waals surface area contributed by atoms with Crippen LogP contribution in [0.25, 0.3) is 6.08 Å². The van der Waals surface area contributed by atoms with Gasteiger partial charge in [0.25, 0.3) is 0 Å². The van der Waals surface area contributed by atoms with Crippen LogP contribution in [0.4, 0.5) is 0 Å². The zero-order valence-electron chi connectivity index (χ0n) is 12.9. The predicted octanol–water partition coefficient (Wildman–Crippen LogP) is 5.34.